The Morgan fingerprint density at radius 1 is 1.55 bits per heavy atom. The summed E-state index contributed by atoms with van der Waals surface area (Å²) in [5.74, 6) is 0. The number of nitrogens with zero attached hydrogens (tertiary/aromatic N) is 2. The van der Waals surface area contributed by atoms with Gasteiger partial charge < -0.3 is 20.7 Å². The molecular weight excluding hydrogens is 304 g/mol. The van der Waals surface area contributed by atoms with Gasteiger partial charge in [0, 0.05) is 25.3 Å². The average Bonchev–Trinajstić information content (AvgIpc) is 2.40. The Kier molecular flexibility index (Phi) is 5.01. The third-order valence-corrected chi connectivity index (χ3v) is 3.70. The molecule has 0 spiro atoms. The van der Waals surface area contributed by atoms with E-state index >= 15 is 0 Å². The molecule has 3 N–H and O–H groups in total. The van der Waals surface area contributed by atoms with E-state index in [-0.39, 0.29) is 12.1 Å². The Morgan fingerprint density at radius 3 is 2.95 bits per heavy atom. The van der Waals surface area contributed by atoms with Crippen LogP contribution >= 0.6 is 11.6 Å². The van der Waals surface area contributed by atoms with Gasteiger partial charge in [-0.3, -0.25) is 0 Å². The number of ether oxygens (including phenoxy) is 1. The van der Waals surface area contributed by atoms with Crippen LogP contribution in [0.25, 0.3) is 0 Å². The Balaban J connectivity index is 2.00. The zero-order valence-corrected chi connectivity index (χ0v) is 14.0. The van der Waals surface area contributed by atoms with Gasteiger partial charge in [-0.1, -0.05) is 11.6 Å². The first-order chi connectivity index (χ1) is 10.3. The number of rotatable bonds is 2. The summed E-state index contributed by atoms with van der Waals surface area (Å²) in [5.41, 5.74) is 6.83. The molecule has 0 unspecified atom stereocenters. The molecular formula is C15H23ClN4O2. The molecule has 7 heteroatoms. The predicted molar refractivity (Wildman–Crippen MR) is 88.3 cm³/mol. The topological polar surface area (TPSA) is 80.5 Å². The van der Waals surface area contributed by atoms with Crippen LogP contribution in [0.15, 0.2) is 12.3 Å². The molecule has 0 radical (unpaired) electrons. The molecule has 1 saturated heterocycles. The summed E-state index contributed by atoms with van der Waals surface area (Å²) in [5, 5.41) is 3.22. The number of carbonyl (C=O) groups excluding carboxylic acids is 1. The van der Waals surface area contributed by atoms with E-state index in [1.54, 1.807) is 6.20 Å². The molecule has 1 aliphatic rings. The smallest absolute Gasteiger partial charge is 0.407 e. The maximum absolute atomic E-state index is 11.9. The van der Waals surface area contributed by atoms with Gasteiger partial charge >= 0.3 is 6.09 Å². The third kappa shape index (κ3) is 4.40. The van der Waals surface area contributed by atoms with Crippen molar-refractivity contribution in [3.8, 4) is 0 Å². The normalized spacial score (nSPS) is 18.9. The van der Waals surface area contributed by atoms with E-state index < -0.39 is 5.60 Å². The summed E-state index contributed by atoms with van der Waals surface area (Å²) in [6.45, 7) is 7.08. The van der Waals surface area contributed by atoms with Crippen LogP contribution < -0.4 is 16.0 Å². The highest BCUT2D eigenvalue weighted by Crippen LogP contribution is 2.30. The van der Waals surface area contributed by atoms with Crippen molar-refractivity contribution >= 4 is 29.1 Å². The minimum atomic E-state index is -0.499. The van der Waals surface area contributed by atoms with Crippen molar-refractivity contribution in [3.63, 3.8) is 0 Å². The minimum absolute atomic E-state index is 0.0231. The van der Waals surface area contributed by atoms with Crippen molar-refractivity contribution in [2.45, 2.75) is 45.3 Å². The number of hydrogen-bond acceptors (Lipinski definition) is 5. The van der Waals surface area contributed by atoms with E-state index in [0.29, 0.717) is 17.4 Å². The van der Waals surface area contributed by atoms with E-state index in [2.05, 4.69) is 15.2 Å². The van der Waals surface area contributed by atoms with Crippen LogP contribution in [0, 0.1) is 0 Å². The van der Waals surface area contributed by atoms with Gasteiger partial charge in [-0.25, -0.2) is 9.78 Å². The molecule has 22 heavy (non-hydrogen) atoms. The molecule has 0 aliphatic carbocycles. The van der Waals surface area contributed by atoms with Gasteiger partial charge in [0.1, 0.15) is 5.60 Å². The summed E-state index contributed by atoms with van der Waals surface area (Å²) in [6, 6.07) is 1.87. The van der Waals surface area contributed by atoms with Crippen molar-refractivity contribution in [2.75, 3.05) is 23.7 Å². The second-order valence-electron chi connectivity index (χ2n) is 6.47. The number of nitrogens with two attached hydrogens (primary N) is 1. The highest BCUT2D eigenvalue weighted by atomic mass is 35.5. The Hall–Kier alpha value is -1.69. The fraction of sp³-hybridized carbons (Fsp3) is 0.600. The number of piperidine rings is 1. The van der Waals surface area contributed by atoms with Crippen LogP contribution in [0.2, 0.25) is 5.15 Å². The van der Waals surface area contributed by atoms with Crippen molar-refractivity contribution in [2.24, 2.45) is 0 Å². The largest absolute Gasteiger partial charge is 0.444 e. The highest BCUT2D eigenvalue weighted by Gasteiger charge is 2.25. The first kappa shape index (κ1) is 16.7. The van der Waals surface area contributed by atoms with E-state index in [1.807, 2.05) is 26.8 Å². The van der Waals surface area contributed by atoms with E-state index in [1.165, 1.54) is 0 Å². The second kappa shape index (κ2) is 6.60. The van der Waals surface area contributed by atoms with Gasteiger partial charge in [0.2, 0.25) is 0 Å². The highest BCUT2D eigenvalue weighted by molar-refractivity contribution is 6.32. The number of anilines is 2. The molecule has 0 bridgehead atoms. The summed E-state index contributed by atoms with van der Waals surface area (Å²) in [4.78, 5) is 18.0. The van der Waals surface area contributed by atoms with E-state index in [0.717, 1.165) is 25.1 Å². The molecule has 0 aromatic carbocycles. The molecule has 2 rings (SSSR count). The van der Waals surface area contributed by atoms with E-state index in [9.17, 15) is 4.79 Å². The molecule has 1 aliphatic heterocycles. The molecule has 1 amide bonds. The number of hydrogen-bond donors (Lipinski definition) is 2. The lowest BCUT2D eigenvalue weighted by Crippen LogP contribution is -2.49. The molecule has 122 valence electrons. The number of alkyl carbamates (subject to hydrolysis) is 1. The zero-order valence-electron chi connectivity index (χ0n) is 13.2. The van der Waals surface area contributed by atoms with E-state index in [4.69, 9.17) is 22.1 Å². The number of amides is 1. The summed E-state index contributed by atoms with van der Waals surface area (Å²) < 4.78 is 5.30. The summed E-state index contributed by atoms with van der Waals surface area (Å²) in [6.07, 6.45) is 3.12. The fourth-order valence-electron chi connectivity index (χ4n) is 2.50. The predicted octanol–water partition coefficient (Wildman–Crippen LogP) is 2.81. The first-order valence-electron chi connectivity index (χ1n) is 7.41. The average molecular weight is 327 g/mol. The lowest BCUT2D eigenvalue weighted by atomic mass is 10.1. The quantitative estimate of drug-likeness (QED) is 0.817. The van der Waals surface area contributed by atoms with Gasteiger partial charge in [-0.2, -0.15) is 0 Å². The Morgan fingerprint density at radius 2 is 2.27 bits per heavy atom. The fourth-order valence-corrected chi connectivity index (χ4v) is 2.66. The SMILES string of the molecule is CC(C)(C)OC(=O)N[C@@H]1CCCN(c2ccnc(Cl)c2N)C1. The molecule has 1 atom stereocenters. The summed E-state index contributed by atoms with van der Waals surface area (Å²) >= 11 is 5.97. The van der Waals surface area contributed by atoms with Crippen LogP contribution in [0.4, 0.5) is 16.2 Å². The Labute approximate surface area is 136 Å². The van der Waals surface area contributed by atoms with Crippen molar-refractivity contribution in [3.05, 3.63) is 17.4 Å². The van der Waals surface area contributed by atoms with Crippen LogP contribution in [0.1, 0.15) is 33.6 Å². The van der Waals surface area contributed by atoms with Gasteiger partial charge in [0.05, 0.1) is 11.4 Å². The van der Waals surface area contributed by atoms with Crippen LogP contribution in [-0.2, 0) is 4.74 Å². The number of pyridine rings is 1. The lowest BCUT2D eigenvalue weighted by molar-refractivity contribution is 0.0500. The number of aromatic nitrogens is 1. The van der Waals surface area contributed by atoms with Gasteiger partial charge in [0.15, 0.2) is 5.15 Å². The number of carbonyl (C=O) groups is 1. The third-order valence-electron chi connectivity index (χ3n) is 3.40. The maximum Gasteiger partial charge on any atom is 0.407 e. The standard InChI is InChI=1S/C15H23ClN4O2/c1-15(2,3)22-14(21)19-10-5-4-8-20(9-10)11-6-7-18-13(16)12(11)17/h6-7,10H,4-5,8-9,17H2,1-3H3,(H,19,21)/t10-/m1/s1. The molecule has 1 fully saturated rings. The lowest BCUT2D eigenvalue weighted by Gasteiger charge is -2.35. The Bertz CT molecular complexity index is 545. The minimum Gasteiger partial charge on any atom is -0.444 e. The molecule has 1 aromatic heterocycles. The van der Waals surface area contributed by atoms with Gasteiger partial charge in [0.25, 0.3) is 0 Å². The van der Waals surface area contributed by atoms with Crippen LogP contribution in [-0.4, -0.2) is 35.8 Å². The summed E-state index contributed by atoms with van der Waals surface area (Å²) in [7, 11) is 0. The molecule has 0 saturated carbocycles. The van der Waals surface area contributed by atoms with Gasteiger partial charge in [-0.05, 0) is 39.7 Å². The number of nitrogen functional groups attached to an aromatic ring is 1. The van der Waals surface area contributed by atoms with Crippen molar-refractivity contribution in [1.82, 2.24) is 10.3 Å². The second-order valence-corrected chi connectivity index (χ2v) is 6.82. The molecule has 1 aromatic rings. The van der Waals surface area contributed by atoms with Crippen molar-refractivity contribution in [1.29, 1.82) is 0 Å². The number of nitrogens with one attached hydrogen (secondary N) is 1. The zero-order chi connectivity index (χ0) is 16.3. The van der Waals surface area contributed by atoms with Crippen molar-refractivity contribution < 1.29 is 9.53 Å². The number of halogens is 1. The first-order valence-corrected chi connectivity index (χ1v) is 7.78. The van der Waals surface area contributed by atoms with Crippen LogP contribution in [0.5, 0.6) is 0 Å². The molecule has 2 heterocycles. The monoisotopic (exact) mass is 326 g/mol. The maximum atomic E-state index is 11.9. The molecule has 6 nitrogen and oxygen atoms in total. The van der Waals surface area contributed by atoms with Gasteiger partial charge in [-0.15, -0.1) is 0 Å². The van der Waals surface area contributed by atoms with Crippen LogP contribution in [0.3, 0.4) is 0 Å².